The standard InChI is InChI=1S/C15H20ClN5OS/c1-4-13(22)20-15-19-10(3)18-14(21-15)17-9(2)5-6-11-7-8-12(16)23-11/h7-9H,4-6H2,1-3H3,(H2,17,18,19,20,21,22). The Labute approximate surface area is 144 Å². The van der Waals surface area contributed by atoms with Crippen LogP contribution < -0.4 is 10.6 Å². The molecule has 0 saturated carbocycles. The summed E-state index contributed by atoms with van der Waals surface area (Å²) in [6, 6.07) is 4.15. The van der Waals surface area contributed by atoms with Crippen molar-refractivity contribution in [3.05, 3.63) is 27.2 Å². The van der Waals surface area contributed by atoms with Crippen LogP contribution in [0.15, 0.2) is 12.1 Å². The van der Waals surface area contributed by atoms with Crippen LogP contribution in [0.1, 0.15) is 37.4 Å². The number of rotatable bonds is 7. The van der Waals surface area contributed by atoms with Gasteiger partial charge in [0.05, 0.1) is 4.34 Å². The van der Waals surface area contributed by atoms with Gasteiger partial charge in [-0.15, -0.1) is 11.3 Å². The second-order valence-electron chi connectivity index (χ2n) is 5.22. The van der Waals surface area contributed by atoms with Crippen molar-refractivity contribution in [2.75, 3.05) is 10.6 Å². The van der Waals surface area contributed by atoms with E-state index in [1.165, 1.54) is 4.88 Å². The summed E-state index contributed by atoms with van der Waals surface area (Å²) >= 11 is 7.53. The third-order valence-electron chi connectivity index (χ3n) is 3.15. The van der Waals surface area contributed by atoms with Crippen molar-refractivity contribution in [3.63, 3.8) is 0 Å². The first-order valence-corrected chi connectivity index (χ1v) is 8.69. The van der Waals surface area contributed by atoms with Gasteiger partial charge >= 0.3 is 0 Å². The molecule has 2 aromatic heterocycles. The molecule has 0 aliphatic heterocycles. The minimum atomic E-state index is -0.121. The van der Waals surface area contributed by atoms with E-state index in [1.807, 2.05) is 12.1 Å². The van der Waals surface area contributed by atoms with E-state index in [9.17, 15) is 4.79 Å². The lowest BCUT2D eigenvalue weighted by Gasteiger charge is -2.14. The lowest BCUT2D eigenvalue weighted by atomic mass is 10.1. The molecule has 1 atom stereocenters. The summed E-state index contributed by atoms with van der Waals surface area (Å²) in [5.41, 5.74) is 0. The van der Waals surface area contributed by atoms with Gasteiger partial charge in [0.2, 0.25) is 17.8 Å². The van der Waals surface area contributed by atoms with Gasteiger partial charge in [-0.1, -0.05) is 18.5 Å². The summed E-state index contributed by atoms with van der Waals surface area (Å²) < 4.78 is 0.810. The van der Waals surface area contributed by atoms with Crippen molar-refractivity contribution in [1.82, 2.24) is 15.0 Å². The molecular formula is C15H20ClN5OS. The van der Waals surface area contributed by atoms with Crippen LogP contribution in [-0.2, 0) is 11.2 Å². The minimum Gasteiger partial charge on any atom is -0.352 e. The second-order valence-corrected chi connectivity index (χ2v) is 7.02. The van der Waals surface area contributed by atoms with Crippen molar-refractivity contribution in [3.8, 4) is 0 Å². The number of amides is 1. The molecule has 1 amide bonds. The average Bonchev–Trinajstić information content (AvgIpc) is 2.90. The van der Waals surface area contributed by atoms with Crippen LogP contribution in [0.25, 0.3) is 0 Å². The number of nitrogens with one attached hydrogen (secondary N) is 2. The van der Waals surface area contributed by atoms with Crippen molar-refractivity contribution in [1.29, 1.82) is 0 Å². The van der Waals surface area contributed by atoms with Crippen LogP contribution in [0.2, 0.25) is 4.34 Å². The summed E-state index contributed by atoms with van der Waals surface area (Å²) in [4.78, 5) is 25.3. The third kappa shape index (κ3) is 5.76. The van der Waals surface area contributed by atoms with E-state index in [1.54, 1.807) is 25.2 Å². The van der Waals surface area contributed by atoms with Crippen molar-refractivity contribution in [2.24, 2.45) is 0 Å². The number of carbonyl (C=O) groups is 1. The number of hydrogen-bond donors (Lipinski definition) is 2. The van der Waals surface area contributed by atoms with Gasteiger partial charge in [-0.05, 0) is 38.8 Å². The van der Waals surface area contributed by atoms with E-state index in [0.717, 1.165) is 17.2 Å². The maximum atomic E-state index is 11.4. The van der Waals surface area contributed by atoms with Crippen LogP contribution in [-0.4, -0.2) is 26.9 Å². The zero-order valence-electron chi connectivity index (χ0n) is 13.4. The Morgan fingerprint density at radius 3 is 2.70 bits per heavy atom. The maximum Gasteiger partial charge on any atom is 0.234 e. The number of hydrogen-bond acceptors (Lipinski definition) is 6. The molecule has 2 aromatic rings. The number of carbonyl (C=O) groups excluding carboxylic acids is 1. The fourth-order valence-corrected chi connectivity index (χ4v) is 3.06. The summed E-state index contributed by atoms with van der Waals surface area (Å²) in [5.74, 6) is 1.19. The molecule has 124 valence electrons. The lowest BCUT2D eigenvalue weighted by Crippen LogP contribution is -2.20. The van der Waals surface area contributed by atoms with Crippen LogP contribution in [0.4, 0.5) is 11.9 Å². The van der Waals surface area contributed by atoms with E-state index >= 15 is 0 Å². The Hall–Kier alpha value is -1.73. The first-order valence-electron chi connectivity index (χ1n) is 7.49. The molecule has 0 aliphatic carbocycles. The van der Waals surface area contributed by atoms with Crippen LogP contribution >= 0.6 is 22.9 Å². The summed E-state index contributed by atoms with van der Waals surface area (Å²) in [6.07, 6.45) is 2.25. The molecule has 2 rings (SSSR count). The normalized spacial score (nSPS) is 12.0. The predicted molar refractivity (Wildman–Crippen MR) is 94.2 cm³/mol. The van der Waals surface area contributed by atoms with Gasteiger partial charge in [-0.25, -0.2) is 0 Å². The van der Waals surface area contributed by atoms with Gasteiger partial charge in [0.25, 0.3) is 0 Å². The van der Waals surface area contributed by atoms with Crippen LogP contribution in [0.5, 0.6) is 0 Å². The maximum absolute atomic E-state index is 11.4. The number of nitrogens with zero attached hydrogens (tertiary/aromatic N) is 3. The van der Waals surface area contributed by atoms with Crippen LogP contribution in [0.3, 0.4) is 0 Å². The first kappa shape index (κ1) is 17.6. The Balaban J connectivity index is 1.94. The molecule has 0 fully saturated rings. The largest absolute Gasteiger partial charge is 0.352 e. The van der Waals surface area contributed by atoms with E-state index < -0.39 is 0 Å². The molecule has 0 aromatic carbocycles. The zero-order valence-corrected chi connectivity index (χ0v) is 15.0. The third-order valence-corrected chi connectivity index (χ3v) is 4.44. The smallest absolute Gasteiger partial charge is 0.234 e. The summed E-state index contributed by atoms with van der Waals surface area (Å²) in [7, 11) is 0. The Morgan fingerprint density at radius 2 is 2.04 bits per heavy atom. The van der Waals surface area contributed by atoms with E-state index in [2.05, 4.69) is 32.5 Å². The topological polar surface area (TPSA) is 79.8 Å². The van der Waals surface area contributed by atoms with Gasteiger partial charge < -0.3 is 5.32 Å². The molecular weight excluding hydrogens is 334 g/mol. The van der Waals surface area contributed by atoms with Gasteiger partial charge in [0.15, 0.2) is 0 Å². The molecule has 6 nitrogen and oxygen atoms in total. The second kappa shape index (κ2) is 8.21. The quantitative estimate of drug-likeness (QED) is 0.793. The number of thiophene rings is 1. The first-order chi connectivity index (χ1) is 11.0. The highest BCUT2D eigenvalue weighted by molar-refractivity contribution is 7.16. The molecule has 2 N–H and O–H groups in total. The van der Waals surface area contributed by atoms with Gasteiger partial charge in [0, 0.05) is 17.3 Å². The Bertz CT molecular complexity index is 676. The average molecular weight is 354 g/mol. The highest BCUT2D eigenvalue weighted by Gasteiger charge is 2.10. The summed E-state index contributed by atoms with van der Waals surface area (Å²) in [6.45, 7) is 5.62. The molecule has 23 heavy (non-hydrogen) atoms. The van der Waals surface area contributed by atoms with Gasteiger partial charge in [0.1, 0.15) is 5.82 Å². The molecule has 8 heteroatoms. The van der Waals surface area contributed by atoms with E-state index in [4.69, 9.17) is 11.6 Å². The van der Waals surface area contributed by atoms with Gasteiger partial charge in [-0.3, -0.25) is 10.1 Å². The highest BCUT2D eigenvalue weighted by Crippen LogP contribution is 2.23. The molecule has 0 aliphatic rings. The van der Waals surface area contributed by atoms with Gasteiger partial charge in [-0.2, -0.15) is 15.0 Å². The van der Waals surface area contributed by atoms with E-state index in [-0.39, 0.29) is 17.9 Å². The molecule has 0 saturated heterocycles. The van der Waals surface area contributed by atoms with Crippen molar-refractivity contribution < 1.29 is 4.79 Å². The number of aryl methyl sites for hydroxylation is 2. The predicted octanol–water partition coefficient (Wildman–Crippen LogP) is 3.68. The zero-order chi connectivity index (χ0) is 16.8. The fraction of sp³-hybridized carbons (Fsp3) is 0.467. The molecule has 0 radical (unpaired) electrons. The van der Waals surface area contributed by atoms with Crippen molar-refractivity contribution in [2.45, 2.75) is 46.1 Å². The summed E-state index contributed by atoms with van der Waals surface area (Å²) in [5, 5.41) is 5.90. The molecule has 0 bridgehead atoms. The van der Waals surface area contributed by atoms with Crippen molar-refractivity contribution >= 4 is 40.7 Å². The SMILES string of the molecule is CCC(=O)Nc1nc(C)nc(NC(C)CCc2ccc(Cl)s2)n1. The number of halogens is 1. The fourth-order valence-electron chi connectivity index (χ4n) is 1.95. The Kier molecular flexibility index (Phi) is 6.29. The Morgan fingerprint density at radius 1 is 1.30 bits per heavy atom. The molecule has 2 heterocycles. The highest BCUT2D eigenvalue weighted by atomic mass is 35.5. The van der Waals surface area contributed by atoms with E-state index in [0.29, 0.717) is 18.2 Å². The van der Waals surface area contributed by atoms with Crippen LogP contribution in [0, 0.1) is 6.92 Å². The lowest BCUT2D eigenvalue weighted by molar-refractivity contribution is -0.115. The number of anilines is 2. The monoisotopic (exact) mass is 353 g/mol. The number of aromatic nitrogens is 3. The molecule has 1 unspecified atom stereocenters. The minimum absolute atomic E-state index is 0.121. The molecule has 0 spiro atoms.